The molecule has 0 fully saturated rings. The van der Waals surface area contributed by atoms with Crippen molar-refractivity contribution in [3.63, 3.8) is 0 Å². The molecule has 5 heteroatoms. The lowest BCUT2D eigenvalue weighted by atomic mass is 10.1. The average Bonchev–Trinajstić information content (AvgIpc) is 2.51. The molecule has 0 spiro atoms. The maximum Gasteiger partial charge on any atom is 0.256 e. The Kier molecular flexibility index (Phi) is 5.42. The number of carbonyl (C=O) groups is 1. The number of fused-ring (bicyclic) bond motifs is 1. The minimum absolute atomic E-state index is 0.0441. The molecule has 0 bridgehead atoms. The van der Waals surface area contributed by atoms with E-state index in [9.17, 15) is 9.59 Å². The van der Waals surface area contributed by atoms with Crippen LogP contribution < -0.4 is 15.5 Å². The molecule has 0 unspecified atom stereocenters. The molecular formula is C18H24N2O3. The van der Waals surface area contributed by atoms with Crippen molar-refractivity contribution in [1.82, 2.24) is 9.88 Å². The molecule has 0 saturated carbocycles. The maximum absolute atomic E-state index is 12.7. The quantitative estimate of drug-likeness (QED) is 0.891. The van der Waals surface area contributed by atoms with E-state index < -0.39 is 0 Å². The largest absolute Gasteiger partial charge is 0.494 e. The minimum atomic E-state index is -0.324. The fourth-order valence-corrected chi connectivity index (χ4v) is 2.70. The molecule has 1 aromatic carbocycles. The van der Waals surface area contributed by atoms with Crippen molar-refractivity contribution in [2.24, 2.45) is 7.05 Å². The van der Waals surface area contributed by atoms with Gasteiger partial charge in [-0.05, 0) is 38.5 Å². The molecule has 23 heavy (non-hydrogen) atoms. The van der Waals surface area contributed by atoms with Gasteiger partial charge in [0.1, 0.15) is 11.3 Å². The lowest BCUT2D eigenvalue weighted by Gasteiger charge is -2.14. The summed E-state index contributed by atoms with van der Waals surface area (Å²) in [7, 11) is 1.83. The standard InChI is InChI=1S/C18H24N2O3/c1-5-7-12(3)19-18(22)15-11-20(4)16-9-8-13(23-6-2)10-14(16)17(15)21/h8-12H,5-7H2,1-4H3,(H,19,22)/t12-/m0/s1. The van der Waals surface area contributed by atoms with Crippen molar-refractivity contribution in [1.29, 1.82) is 0 Å². The number of aromatic nitrogens is 1. The van der Waals surface area contributed by atoms with E-state index >= 15 is 0 Å². The van der Waals surface area contributed by atoms with Gasteiger partial charge in [0.2, 0.25) is 5.43 Å². The van der Waals surface area contributed by atoms with E-state index in [2.05, 4.69) is 12.2 Å². The third-order valence-corrected chi connectivity index (χ3v) is 3.81. The Balaban J connectivity index is 2.46. The van der Waals surface area contributed by atoms with Gasteiger partial charge in [0.15, 0.2) is 0 Å². The second kappa shape index (κ2) is 7.31. The highest BCUT2D eigenvalue weighted by molar-refractivity contribution is 5.97. The van der Waals surface area contributed by atoms with Gasteiger partial charge in [-0.25, -0.2) is 0 Å². The smallest absolute Gasteiger partial charge is 0.256 e. The van der Waals surface area contributed by atoms with Crippen LogP contribution in [0.25, 0.3) is 10.9 Å². The first-order valence-electron chi connectivity index (χ1n) is 8.05. The predicted molar refractivity (Wildman–Crippen MR) is 92.2 cm³/mol. The molecule has 0 aliphatic carbocycles. The van der Waals surface area contributed by atoms with Crippen LogP contribution in [0.2, 0.25) is 0 Å². The summed E-state index contributed by atoms with van der Waals surface area (Å²) in [6, 6.07) is 5.41. The number of ether oxygens (including phenoxy) is 1. The van der Waals surface area contributed by atoms with Gasteiger partial charge < -0.3 is 14.6 Å². The number of nitrogens with zero attached hydrogens (tertiary/aromatic N) is 1. The molecule has 1 atom stereocenters. The van der Waals surface area contributed by atoms with Crippen LogP contribution in [0.1, 0.15) is 44.0 Å². The molecular weight excluding hydrogens is 292 g/mol. The van der Waals surface area contributed by atoms with E-state index in [0.717, 1.165) is 18.4 Å². The fraction of sp³-hybridized carbons (Fsp3) is 0.444. The molecule has 0 radical (unpaired) electrons. The summed E-state index contributed by atoms with van der Waals surface area (Å²) in [5, 5.41) is 3.38. The maximum atomic E-state index is 12.7. The zero-order chi connectivity index (χ0) is 17.0. The summed E-state index contributed by atoms with van der Waals surface area (Å²) in [6.07, 6.45) is 3.46. The number of hydrogen-bond acceptors (Lipinski definition) is 3. The molecule has 124 valence electrons. The van der Waals surface area contributed by atoms with Gasteiger partial charge >= 0.3 is 0 Å². The van der Waals surface area contributed by atoms with Gasteiger partial charge in [-0.2, -0.15) is 0 Å². The van der Waals surface area contributed by atoms with Gasteiger partial charge in [-0.1, -0.05) is 13.3 Å². The van der Waals surface area contributed by atoms with Crippen molar-refractivity contribution in [3.8, 4) is 5.75 Å². The van der Waals surface area contributed by atoms with E-state index in [0.29, 0.717) is 17.7 Å². The molecule has 0 saturated heterocycles. The highest BCUT2D eigenvalue weighted by Crippen LogP contribution is 2.18. The van der Waals surface area contributed by atoms with Crippen LogP contribution in [0.5, 0.6) is 5.75 Å². The highest BCUT2D eigenvalue weighted by atomic mass is 16.5. The Labute approximate surface area is 136 Å². The van der Waals surface area contributed by atoms with Crippen LogP contribution >= 0.6 is 0 Å². The molecule has 0 aliphatic heterocycles. The van der Waals surface area contributed by atoms with E-state index in [1.54, 1.807) is 16.8 Å². The summed E-state index contributed by atoms with van der Waals surface area (Å²) in [5.41, 5.74) is 0.675. The van der Waals surface area contributed by atoms with Gasteiger partial charge in [-0.15, -0.1) is 0 Å². The van der Waals surface area contributed by atoms with Crippen molar-refractivity contribution < 1.29 is 9.53 Å². The van der Waals surface area contributed by atoms with Crippen LogP contribution in [0.3, 0.4) is 0 Å². The zero-order valence-electron chi connectivity index (χ0n) is 14.2. The van der Waals surface area contributed by atoms with Crippen molar-refractivity contribution in [3.05, 3.63) is 40.2 Å². The lowest BCUT2D eigenvalue weighted by molar-refractivity contribution is 0.0936. The predicted octanol–water partition coefficient (Wildman–Crippen LogP) is 2.86. The molecule has 1 aromatic heterocycles. The summed E-state index contributed by atoms with van der Waals surface area (Å²) in [5.74, 6) is 0.310. The normalized spacial score (nSPS) is 12.2. The molecule has 5 nitrogen and oxygen atoms in total. The average molecular weight is 316 g/mol. The van der Waals surface area contributed by atoms with Crippen LogP contribution in [0.15, 0.2) is 29.2 Å². The molecule has 0 aliphatic rings. The molecule has 2 rings (SSSR count). The first kappa shape index (κ1) is 17.1. The summed E-state index contributed by atoms with van der Waals surface area (Å²) < 4.78 is 7.25. The van der Waals surface area contributed by atoms with Crippen LogP contribution in [-0.2, 0) is 7.05 Å². The van der Waals surface area contributed by atoms with Crippen LogP contribution in [0, 0.1) is 0 Å². The molecule has 1 amide bonds. The summed E-state index contributed by atoms with van der Waals surface area (Å²) >= 11 is 0. The number of amides is 1. The summed E-state index contributed by atoms with van der Waals surface area (Å²) in [6.45, 7) is 6.43. The first-order valence-corrected chi connectivity index (χ1v) is 8.05. The number of pyridine rings is 1. The Morgan fingerprint density at radius 2 is 2.09 bits per heavy atom. The van der Waals surface area contributed by atoms with Gasteiger partial charge in [0.05, 0.1) is 17.5 Å². The number of benzene rings is 1. The zero-order valence-corrected chi connectivity index (χ0v) is 14.2. The van der Waals surface area contributed by atoms with Crippen LogP contribution in [0.4, 0.5) is 0 Å². The highest BCUT2D eigenvalue weighted by Gasteiger charge is 2.16. The van der Waals surface area contributed by atoms with E-state index in [1.165, 1.54) is 0 Å². The second-order valence-corrected chi connectivity index (χ2v) is 5.76. The molecule has 2 aromatic rings. The van der Waals surface area contributed by atoms with Gasteiger partial charge in [0.25, 0.3) is 5.91 Å². The Morgan fingerprint density at radius 3 is 2.74 bits per heavy atom. The topological polar surface area (TPSA) is 60.3 Å². The summed E-state index contributed by atoms with van der Waals surface area (Å²) in [4.78, 5) is 25.1. The van der Waals surface area contributed by atoms with E-state index in [-0.39, 0.29) is 22.9 Å². The Hall–Kier alpha value is -2.30. The Morgan fingerprint density at radius 1 is 1.35 bits per heavy atom. The lowest BCUT2D eigenvalue weighted by Crippen LogP contribution is -2.35. The third-order valence-electron chi connectivity index (χ3n) is 3.81. The number of rotatable bonds is 6. The Bertz CT molecular complexity index is 765. The number of aryl methyl sites for hydroxylation is 1. The van der Waals surface area contributed by atoms with Crippen molar-refractivity contribution >= 4 is 16.8 Å². The number of nitrogens with one attached hydrogen (secondary N) is 1. The number of hydrogen-bond donors (Lipinski definition) is 1. The minimum Gasteiger partial charge on any atom is -0.494 e. The van der Waals surface area contributed by atoms with Crippen molar-refractivity contribution in [2.45, 2.75) is 39.7 Å². The molecule has 1 heterocycles. The van der Waals surface area contributed by atoms with Gasteiger partial charge in [-0.3, -0.25) is 9.59 Å². The fourth-order valence-electron chi connectivity index (χ4n) is 2.70. The van der Waals surface area contributed by atoms with E-state index in [1.807, 2.05) is 33.0 Å². The monoisotopic (exact) mass is 316 g/mol. The van der Waals surface area contributed by atoms with Crippen LogP contribution in [-0.4, -0.2) is 23.1 Å². The SMILES string of the molecule is CCC[C@H](C)NC(=O)c1cn(C)c2ccc(OCC)cc2c1=O. The third kappa shape index (κ3) is 3.73. The van der Waals surface area contributed by atoms with E-state index in [4.69, 9.17) is 4.74 Å². The number of carbonyl (C=O) groups excluding carboxylic acids is 1. The second-order valence-electron chi connectivity index (χ2n) is 5.76. The molecule has 1 N–H and O–H groups in total. The van der Waals surface area contributed by atoms with Crippen molar-refractivity contribution in [2.75, 3.05) is 6.61 Å². The first-order chi connectivity index (χ1) is 11.0. The van der Waals surface area contributed by atoms with Gasteiger partial charge in [0, 0.05) is 19.3 Å².